The van der Waals surface area contributed by atoms with Crippen molar-refractivity contribution < 1.29 is 4.79 Å². The summed E-state index contributed by atoms with van der Waals surface area (Å²) < 4.78 is 0. The molecule has 4 saturated carbocycles. The van der Waals surface area contributed by atoms with E-state index in [4.69, 9.17) is 16.9 Å². The fourth-order valence-corrected chi connectivity index (χ4v) is 8.08. The Kier molecular flexibility index (Phi) is 7.29. The number of amides is 1. The van der Waals surface area contributed by atoms with Crippen LogP contribution >= 0.6 is 0 Å². The second-order valence-electron chi connectivity index (χ2n) is 11.9. The van der Waals surface area contributed by atoms with E-state index in [0.29, 0.717) is 17.9 Å². The Morgan fingerprint density at radius 2 is 1.73 bits per heavy atom. The molecule has 1 saturated heterocycles. The molecule has 5 fully saturated rings. The van der Waals surface area contributed by atoms with Crippen LogP contribution in [-0.4, -0.2) is 53.5 Å². The van der Waals surface area contributed by atoms with Crippen molar-refractivity contribution in [2.24, 2.45) is 35.1 Å². The van der Waals surface area contributed by atoms with E-state index in [1.807, 2.05) is 0 Å². The Morgan fingerprint density at radius 1 is 0.970 bits per heavy atom. The quantitative estimate of drug-likeness (QED) is 0.320. The van der Waals surface area contributed by atoms with Crippen LogP contribution < -0.4 is 22.1 Å². The molecule has 1 amide bonds. The number of nitrogens with two attached hydrogens (primary N) is 2. The standard InChI is InChI=1S/C26H46N6O/c27-19-9-11-20(12-10-19)30-26(33)25-31-22-14-17(24(28)29)8-13-23(22)32(25)15-18-6-3-5-16-4-1-2-7-21(16)18/h16-23,25,31H,1-15,27H2,(H3,28,29)(H,30,33). The molecule has 7 nitrogen and oxygen atoms in total. The molecule has 33 heavy (non-hydrogen) atoms. The molecular formula is C26H46N6O. The molecule has 1 aliphatic heterocycles. The lowest BCUT2D eigenvalue weighted by Crippen LogP contribution is -2.55. The van der Waals surface area contributed by atoms with Crippen molar-refractivity contribution in [1.29, 1.82) is 5.41 Å². The zero-order chi connectivity index (χ0) is 22.9. The molecule has 0 radical (unpaired) electrons. The maximum atomic E-state index is 13.6. The van der Waals surface area contributed by atoms with Gasteiger partial charge in [-0.25, -0.2) is 0 Å². The smallest absolute Gasteiger partial charge is 0.252 e. The van der Waals surface area contributed by atoms with Gasteiger partial charge in [-0.3, -0.25) is 20.4 Å². The van der Waals surface area contributed by atoms with Crippen LogP contribution in [0.25, 0.3) is 0 Å². The number of carbonyl (C=O) groups is 1. The number of rotatable bonds is 5. The highest BCUT2D eigenvalue weighted by atomic mass is 16.2. The van der Waals surface area contributed by atoms with Crippen molar-refractivity contribution in [1.82, 2.24) is 15.5 Å². The van der Waals surface area contributed by atoms with E-state index in [0.717, 1.165) is 69.2 Å². The average molecular weight is 459 g/mol. The normalized spacial score (nSPS) is 44.0. The monoisotopic (exact) mass is 458 g/mol. The predicted molar refractivity (Wildman–Crippen MR) is 132 cm³/mol. The van der Waals surface area contributed by atoms with E-state index in [9.17, 15) is 4.79 Å². The number of nitrogens with zero attached hydrogens (tertiary/aromatic N) is 1. The molecule has 4 aliphatic carbocycles. The fraction of sp³-hybridized carbons (Fsp3) is 0.923. The van der Waals surface area contributed by atoms with Crippen LogP contribution in [0, 0.1) is 29.1 Å². The molecule has 7 atom stereocenters. The third kappa shape index (κ3) is 5.10. The Labute approximate surface area is 199 Å². The Morgan fingerprint density at radius 3 is 2.52 bits per heavy atom. The zero-order valence-electron chi connectivity index (χ0n) is 20.3. The van der Waals surface area contributed by atoms with Gasteiger partial charge < -0.3 is 16.8 Å². The number of hydrogen-bond acceptors (Lipinski definition) is 5. The minimum atomic E-state index is -0.245. The third-order valence-electron chi connectivity index (χ3n) is 9.92. The van der Waals surface area contributed by atoms with Crippen LogP contribution in [0.1, 0.15) is 89.9 Å². The van der Waals surface area contributed by atoms with Gasteiger partial charge in [-0.1, -0.05) is 32.1 Å². The minimum absolute atomic E-state index is 0.152. The number of amidine groups is 1. The number of hydrogen-bond donors (Lipinski definition) is 5. The topological polar surface area (TPSA) is 120 Å². The van der Waals surface area contributed by atoms with Crippen LogP contribution in [0.2, 0.25) is 0 Å². The lowest BCUT2D eigenvalue weighted by atomic mass is 9.65. The van der Waals surface area contributed by atoms with Crippen molar-refractivity contribution in [2.75, 3.05) is 6.54 Å². The van der Waals surface area contributed by atoms with Gasteiger partial charge in [-0.05, 0) is 75.5 Å². The zero-order valence-corrected chi connectivity index (χ0v) is 20.3. The van der Waals surface area contributed by atoms with E-state index >= 15 is 0 Å². The second-order valence-corrected chi connectivity index (χ2v) is 11.9. The fourth-order valence-electron chi connectivity index (χ4n) is 8.08. The van der Waals surface area contributed by atoms with Crippen molar-refractivity contribution in [3.8, 4) is 0 Å². The SMILES string of the molecule is N=C(N)C1CCC2C(C1)NC(C(=O)NC1CCC(N)CC1)N2CC1CCCC2CCCCC21. The third-order valence-corrected chi connectivity index (χ3v) is 9.92. The molecule has 0 aromatic rings. The average Bonchev–Trinajstić information content (AvgIpc) is 3.18. The van der Waals surface area contributed by atoms with Gasteiger partial charge in [0.2, 0.25) is 0 Å². The summed E-state index contributed by atoms with van der Waals surface area (Å²) in [5, 5.41) is 15.1. The van der Waals surface area contributed by atoms with Crippen molar-refractivity contribution in [3.05, 3.63) is 0 Å². The van der Waals surface area contributed by atoms with Gasteiger partial charge in [0, 0.05) is 36.6 Å². The molecule has 7 heteroatoms. The first-order chi connectivity index (χ1) is 16.0. The summed E-state index contributed by atoms with van der Waals surface area (Å²) in [6, 6.07) is 1.19. The van der Waals surface area contributed by atoms with Crippen molar-refractivity contribution >= 4 is 11.7 Å². The molecule has 0 bridgehead atoms. The van der Waals surface area contributed by atoms with Gasteiger partial charge >= 0.3 is 0 Å². The molecule has 0 spiro atoms. The summed E-state index contributed by atoms with van der Waals surface area (Å²) in [7, 11) is 0. The van der Waals surface area contributed by atoms with Gasteiger partial charge in [0.05, 0.1) is 5.84 Å². The van der Waals surface area contributed by atoms with Gasteiger partial charge in [0.15, 0.2) is 0 Å². The van der Waals surface area contributed by atoms with Gasteiger partial charge in [0.1, 0.15) is 6.17 Å². The summed E-state index contributed by atoms with van der Waals surface area (Å²) in [6.45, 7) is 1.05. The number of fused-ring (bicyclic) bond motifs is 2. The summed E-state index contributed by atoms with van der Waals surface area (Å²) in [4.78, 5) is 16.1. The Bertz CT molecular complexity index is 705. The Balaban J connectivity index is 1.30. The molecule has 0 aromatic heterocycles. The van der Waals surface area contributed by atoms with Gasteiger partial charge in [0.25, 0.3) is 5.91 Å². The van der Waals surface area contributed by atoms with Crippen LogP contribution in [-0.2, 0) is 4.79 Å². The van der Waals surface area contributed by atoms with Gasteiger partial charge in [-0.15, -0.1) is 0 Å². The lowest BCUT2D eigenvalue weighted by molar-refractivity contribution is -0.128. The van der Waals surface area contributed by atoms with Crippen molar-refractivity contribution in [2.45, 2.75) is 120 Å². The maximum absolute atomic E-state index is 13.6. The molecule has 0 aromatic carbocycles. The van der Waals surface area contributed by atoms with Crippen LogP contribution in [0.4, 0.5) is 0 Å². The van der Waals surface area contributed by atoms with Crippen LogP contribution in [0.5, 0.6) is 0 Å². The first-order valence-corrected chi connectivity index (χ1v) is 13.9. The summed E-state index contributed by atoms with van der Waals surface area (Å²) in [5.74, 6) is 3.10. The Hall–Kier alpha value is -1.18. The first-order valence-electron chi connectivity index (χ1n) is 13.9. The van der Waals surface area contributed by atoms with Crippen molar-refractivity contribution in [3.63, 3.8) is 0 Å². The van der Waals surface area contributed by atoms with E-state index in [1.54, 1.807) is 0 Å². The minimum Gasteiger partial charge on any atom is -0.387 e. The molecule has 7 N–H and O–H groups in total. The van der Waals surface area contributed by atoms with E-state index in [2.05, 4.69) is 15.5 Å². The highest BCUT2D eigenvalue weighted by Gasteiger charge is 2.49. The number of nitrogens with one attached hydrogen (secondary N) is 3. The highest BCUT2D eigenvalue weighted by Crippen LogP contribution is 2.45. The maximum Gasteiger partial charge on any atom is 0.252 e. The van der Waals surface area contributed by atoms with Gasteiger partial charge in [-0.2, -0.15) is 0 Å². The molecular weight excluding hydrogens is 412 g/mol. The summed E-state index contributed by atoms with van der Waals surface area (Å²) >= 11 is 0. The lowest BCUT2D eigenvalue weighted by Gasteiger charge is -2.45. The summed E-state index contributed by atoms with van der Waals surface area (Å²) in [6.07, 6.45) is 16.3. The molecule has 186 valence electrons. The predicted octanol–water partition coefficient (Wildman–Crippen LogP) is 2.68. The van der Waals surface area contributed by atoms with Crippen LogP contribution in [0.15, 0.2) is 0 Å². The molecule has 5 aliphatic rings. The molecule has 7 unspecified atom stereocenters. The van der Waals surface area contributed by atoms with Crippen LogP contribution in [0.3, 0.4) is 0 Å². The van der Waals surface area contributed by atoms with E-state index < -0.39 is 0 Å². The molecule has 1 heterocycles. The number of carbonyl (C=O) groups excluding carboxylic acids is 1. The van der Waals surface area contributed by atoms with E-state index in [1.165, 1.54) is 44.9 Å². The highest BCUT2D eigenvalue weighted by molar-refractivity contribution is 5.82. The largest absolute Gasteiger partial charge is 0.387 e. The second kappa shape index (κ2) is 10.2. The first kappa shape index (κ1) is 23.6. The van der Waals surface area contributed by atoms with E-state index in [-0.39, 0.29) is 30.1 Å². The summed E-state index contributed by atoms with van der Waals surface area (Å²) in [5.41, 5.74) is 12.0. The molecule has 5 rings (SSSR count).